The van der Waals surface area contributed by atoms with Gasteiger partial charge < -0.3 is 14.2 Å². The molecule has 3 aliphatic rings. The molecule has 1 saturated carbocycles. The van der Waals surface area contributed by atoms with Crippen molar-refractivity contribution < 1.29 is 19.0 Å². The molecule has 0 spiro atoms. The molecule has 4 nitrogen and oxygen atoms in total. The van der Waals surface area contributed by atoms with Gasteiger partial charge in [-0.3, -0.25) is 4.79 Å². The van der Waals surface area contributed by atoms with E-state index in [0.717, 1.165) is 19.3 Å². The molecule has 0 aromatic carbocycles. The van der Waals surface area contributed by atoms with Gasteiger partial charge in [0.1, 0.15) is 0 Å². The summed E-state index contributed by atoms with van der Waals surface area (Å²) >= 11 is 0. The Balaban J connectivity index is 1.38. The molecule has 3 atom stereocenters. The van der Waals surface area contributed by atoms with Crippen LogP contribution in [-0.2, 0) is 19.0 Å². The van der Waals surface area contributed by atoms with Crippen LogP contribution < -0.4 is 0 Å². The zero-order valence-corrected chi connectivity index (χ0v) is 10.5. The zero-order chi connectivity index (χ0) is 12.4. The number of rotatable bonds is 4. The first kappa shape index (κ1) is 12.2. The fourth-order valence-electron chi connectivity index (χ4n) is 3.03. The summed E-state index contributed by atoms with van der Waals surface area (Å²) < 4.78 is 16.3. The topological polar surface area (TPSA) is 44.8 Å². The molecule has 2 fully saturated rings. The largest absolute Gasteiger partial charge is 0.438 e. The van der Waals surface area contributed by atoms with E-state index in [9.17, 15) is 4.79 Å². The Morgan fingerprint density at radius 2 is 2.06 bits per heavy atom. The van der Waals surface area contributed by atoms with Crippen LogP contribution in [0.5, 0.6) is 0 Å². The van der Waals surface area contributed by atoms with Gasteiger partial charge in [0, 0.05) is 0 Å². The molecule has 0 N–H and O–H groups in total. The summed E-state index contributed by atoms with van der Waals surface area (Å²) in [5, 5.41) is 0. The second kappa shape index (κ2) is 5.41. The predicted molar refractivity (Wildman–Crippen MR) is 64.8 cm³/mol. The van der Waals surface area contributed by atoms with Gasteiger partial charge in [-0.25, -0.2) is 0 Å². The SMILES string of the molecule is O=C(OCOC1CCCCC1)C1CC2C=CC1O2. The third kappa shape index (κ3) is 2.59. The number of ether oxygens (including phenoxy) is 3. The molecular formula is C14H20O4. The normalized spacial score (nSPS) is 35.0. The second-order valence-electron chi connectivity index (χ2n) is 5.37. The van der Waals surface area contributed by atoms with Crippen LogP contribution in [0.1, 0.15) is 38.5 Å². The maximum atomic E-state index is 11.9. The predicted octanol–water partition coefficient (Wildman–Crippen LogP) is 2.18. The Labute approximate surface area is 107 Å². The Hall–Kier alpha value is -0.870. The number of carbonyl (C=O) groups is 1. The van der Waals surface area contributed by atoms with Crippen molar-refractivity contribution in [3.05, 3.63) is 12.2 Å². The summed E-state index contributed by atoms with van der Waals surface area (Å²) in [5.41, 5.74) is 0. The minimum Gasteiger partial charge on any atom is -0.438 e. The number of esters is 1. The summed E-state index contributed by atoms with van der Waals surface area (Å²) in [5.74, 6) is -0.308. The Morgan fingerprint density at radius 3 is 2.72 bits per heavy atom. The molecule has 1 aliphatic carbocycles. The highest BCUT2D eigenvalue weighted by Crippen LogP contribution is 2.34. The van der Waals surface area contributed by atoms with Crippen molar-refractivity contribution in [2.75, 3.05) is 6.79 Å². The molecule has 0 amide bonds. The average Bonchev–Trinajstić information content (AvgIpc) is 3.02. The summed E-state index contributed by atoms with van der Waals surface area (Å²) in [4.78, 5) is 11.9. The number of hydrogen-bond acceptors (Lipinski definition) is 4. The quantitative estimate of drug-likeness (QED) is 0.437. The van der Waals surface area contributed by atoms with Crippen LogP contribution in [-0.4, -0.2) is 31.1 Å². The van der Waals surface area contributed by atoms with Crippen molar-refractivity contribution >= 4 is 5.97 Å². The molecule has 0 aromatic rings. The zero-order valence-electron chi connectivity index (χ0n) is 10.5. The lowest BCUT2D eigenvalue weighted by Crippen LogP contribution is -2.27. The summed E-state index contributed by atoms with van der Waals surface area (Å²) in [7, 11) is 0. The van der Waals surface area contributed by atoms with Gasteiger partial charge in [-0.1, -0.05) is 31.4 Å². The molecular weight excluding hydrogens is 232 g/mol. The van der Waals surface area contributed by atoms with Crippen LogP contribution in [0.15, 0.2) is 12.2 Å². The molecule has 2 aliphatic heterocycles. The minimum atomic E-state index is -0.178. The molecule has 1 saturated heterocycles. The third-order valence-electron chi connectivity index (χ3n) is 4.09. The van der Waals surface area contributed by atoms with Crippen molar-refractivity contribution in [2.45, 2.75) is 56.8 Å². The van der Waals surface area contributed by atoms with E-state index in [2.05, 4.69) is 0 Å². The van der Waals surface area contributed by atoms with Gasteiger partial charge >= 0.3 is 5.97 Å². The van der Waals surface area contributed by atoms with Crippen molar-refractivity contribution in [1.82, 2.24) is 0 Å². The van der Waals surface area contributed by atoms with Crippen molar-refractivity contribution in [3.8, 4) is 0 Å². The lowest BCUT2D eigenvalue weighted by Gasteiger charge is -2.22. The van der Waals surface area contributed by atoms with Gasteiger partial charge in [0.25, 0.3) is 0 Å². The third-order valence-corrected chi connectivity index (χ3v) is 4.09. The monoisotopic (exact) mass is 252 g/mol. The Morgan fingerprint density at radius 1 is 1.22 bits per heavy atom. The minimum absolute atomic E-state index is 0.0721. The van der Waals surface area contributed by atoms with Gasteiger partial charge in [-0.05, 0) is 19.3 Å². The van der Waals surface area contributed by atoms with Crippen LogP contribution in [0.3, 0.4) is 0 Å². The van der Waals surface area contributed by atoms with E-state index >= 15 is 0 Å². The number of carbonyl (C=O) groups excluding carboxylic acids is 1. The molecule has 2 bridgehead atoms. The van der Waals surface area contributed by atoms with E-state index in [4.69, 9.17) is 14.2 Å². The van der Waals surface area contributed by atoms with Crippen LogP contribution in [0, 0.1) is 5.92 Å². The smallest absolute Gasteiger partial charge is 0.314 e. The molecule has 0 aromatic heterocycles. The van der Waals surface area contributed by atoms with E-state index in [1.54, 1.807) is 0 Å². The standard InChI is InChI=1S/C14H20O4/c15-14(12-8-11-6-7-13(12)18-11)17-9-16-10-4-2-1-3-5-10/h6-7,10-13H,1-5,8-9H2. The highest BCUT2D eigenvalue weighted by atomic mass is 16.7. The van der Waals surface area contributed by atoms with Crippen molar-refractivity contribution in [2.24, 2.45) is 5.92 Å². The first-order valence-electron chi connectivity index (χ1n) is 6.95. The van der Waals surface area contributed by atoms with Gasteiger partial charge in [-0.2, -0.15) is 0 Å². The maximum Gasteiger partial charge on any atom is 0.314 e. The van der Waals surface area contributed by atoms with Crippen molar-refractivity contribution in [1.29, 1.82) is 0 Å². The van der Waals surface area contributed by atoms with E-state index in [1.807, 2.05) is 12.2 Å². The summed E-state index contributed by atoms with van der Waals surface area (Å²) in [6, 6.07) is 0. The fourth-order valence-corrected chi connectivity index (χ4v) is 3.03. The van der Waals surface area contributed by atoms with Gasteiger partial charge in [0.15, 0.2) is 6.79 Å². The first-order valence-corrected chi connectivity index (χ1v) is 6.95. The summed E-state index contributed by atoms with van der Waals surface area (Å²) in [6.45, 7) is 0.0983. The van der Waals surface area contributed by atoms with Crippen LogP contribution in [0.2, 0.25) is 0 Å². The second-order valence-corrected chi connectivity index (χ2v) is 5.37. The molecule has 0 radical (unpaired) electrons. The van der Waals surface area contributed by atoms with Gasteiger partial charge in [-0.15, -0.1) is 0 Å². The van der Waals surface area contributed by atoms with Crippen LogP contribution in [0.4, 0.5) is 0 Å². The van der Waals surface area contributed by atoms with Crippen LogP contribution in [0.25, 0.3) is 0 Å². The summed E-state index contributed by atoms with van der Waals surface area (Å²) in [6.07, 6.45) is 11.0. The van der Waals surface area contributed by atoms with E-state index < -0.39 is 0 Å². The average molecular weight is 252 g/mol. The van der Waals surface area contributed by atoms with Gasteiger partial charge in [0.05, 0.1) is 24.2 Å². The molecule has 100 valence electrons. The highest BCUT2D eigenvalue weighted by molar-refractivity contribution is 5.74. The Bertz CT molecular complexity index is 333. The van der Waals surface area contributed by atoms with Crippen molar-refractivity contribution in [3.63, 3.8) is 0 Å². The van der Waals surface area contributed by atoms with E-state index in [-0.39, 0.29) is 37.0 Å². The fraction of sp³-hybridized carbons (Fsp3) is 0.786. The molecule has 18 heavy (non-hydrogen) atoms. The lowest BCUT2D eigenvalue weighted by atomic mass is 9.95. The number of fused-ring (bicyclic) bond motifs is 2. The molecule has 2 heterocycles. The van der Waals surface area contributed by atoms with Gasteiger partial charge in [0.2, 0.25) is 0 Å². The number of hydrogen-bond donors (Lipinski definition) is 0. The van der Waals surface area contributed by atoms with E-state index in [0.29, 0.717) is 0 Å². The molecule has 3 rings (SSSR count). The molecule has 3 unspecified atom stereocenters. The lowest BCUT2D eigenvalue weighted by molar-refractivity contribution is -0.167. The first-order chi connectivity index (χ1) is 8.83. The van der Waals surface area contributed by atoms with E-state index in [1.165, 1.54) is 19.3 Å². The highest BCUT2D eigenvalue weighted by Gasteiger charge is 2.42. The Kier molecular flexibility index (Phi) is 3.66. The maximum absolute atomic E-state index is 11.9. The molecule has 4 heteroatoms. The van der Waals surface area contributed by atoms with Crippen LogP contribution >= 0.6 is 0 Å².